The molecule has 2 aromatic rings. The molecule has 1 atom stereocenters. The molecule has 1 unspecified atom stereocenters. The van der Waals surface area contributed by atoms with Crippen LogP contribution in [0.25, 0.3) is 11.4 Å². The Morgan fingerprint density at radius 2 is 2.09 bits per heavy atom. The Hall–Kier alpha value is -3.37. The number of aromatic amines is 1. The Labute approximate surface area is 189 Å². The minimum absolute atomic E-state index is 0.245. The van der Waals surface area contributed by atoms with Gasteiger partial charge in [-0.25, -0.2) is 4.98 Å². The zero-order valence-electron chi connectivity index (χ0n) is 19.7. The monoisotopic (exact) mass is 435 g/mol. The van der Waals surface area contributed by atoms with Crippen molar-refractivity contribution in [3.05, 3.63) is 69.6 Å². The van der Waals surface area contributed by atoms with E-state index in [2.05, 4.69) is 39.3 Å². The van der Waals surface area contributed by atoms with E-state index in [9.17, 15) is 9.90 Å². The molecule has 0 radical (unpaired) electrons. The summed E-state index contributed by atoms with van der Waals surface area (Å²) < 4.78 is 1.31. The molecule has 2 rings (SSSR count). The SMILES string of the molecule is C#CC(/C=C\C(=C/C)c1nc2nc(CNC(=C/C)/C(C)=C\CC)cc(=O)n2[nH]1)C(C)(C)O. The summed E-state index contributed by atoms with van der Waals surface area (Å²) in [6.07, 6.45) is 16.0. The number of nitrogens with zero attached hydrogens (tertiary/aromatic N) is 3. The highest BCUT2D eigenvalue weighted by Gasteiger charge is 2.22. The number of rotatable bonds is 9. The molecule has 0 amide bonds. The Bertz CT molecular complexity index is 1160. The molecule has 32 heavy (non-hydrogen) atoms. The van der Waals surface area contributed by atoms with E-state index in [1.807, 2.05) is 32.9 Å². The van der Waals surface area contributed by atoms with Crippen molar-refractivity contribution >= 4 is 11.4 Å². The lowest BCUT2D eigenvalue weighted by molar-refractivity contribution is 0.0578. The fourth-order valence-electron chi connectivity index (χ4n) is 3.22. The van der Waals surface area contributed by atoms with E-state index < -0.39 is 11.5 Å². The molecular weight excluding hydrogens is 402 g/mol. The molecule has 2 aromatic heterocycles. The van der Waals surface area contributed by atoms with Crippen molar-refractivity contribution < 1.29 is 5.11 Å². The van der Waals surface area contributed by atoms with E-state index in [1.54, 1.807) is 26.0 Å². The van der Waals surface area contributed by atoms with Crippen molar-refractivity contribution in [3.8, 4) is 12.3 Å². The van der Waals surface area contributed by atoms with Crippen LogP contribution in [-0.4, -0.2) is 30.3 Å². The minimum Gasteiger partial charge on any atom is -0.389 e. The van der Waals surface area contributed by atoms with Crippen LogP contribution in [0.15, 0.2) is 52.5 Å². The van der Waals surface area contributed by atoms with Crippen molar-refractivity contribution in [1.29, 1.82) is 0 Å². The first-order valence-electron chi connectivity index (χ1n) is 10.7. The third-order valence-corrected chi connectivity index (χ3v) is 5.06. The summed E-state index contributed by atoms with van der Waals surface area (Å²) in [5.74, 6) is 2.89. The fraction of sp³-hybridized carbons (Fsp3) is 0.400. The largest absolute Gasteiger partial charge is 0.389 e. The van der Waals surface area contributed by atoms with Gasteiger partial charge in [0.15, 0.2) is 5.82 Å². The van der Waals surface area contributed by atoms with E-state index in [-0.39, 0.29) is 11.3 Å². The Balaban J connectivity index is 2.31. The van der Waals surface area contributed by atoms with Gasteiger partial charge >= 0.3 is 0 Å². The van der Waals surface area contributed by atoms with Crippen LogP contribution in [0.2, 0.25) is 0 Å². The van der Waals surface area contributed by atoms with Crippen molar-refractivity contribution in [3.63, 3.8) is 0 Å². The topological polar surface area (TPSA) is 95.3 Å². The summed E-state index contributed by atoms with van der Waals surface area (Å²) in [5, 5.41) is 16.5. The summed E-state index contributed by atoms with van der Waals surface area (Å²) in [6, 6.07) is 1.49. The lowest BCUT2D eigenvalue weighted by Crippen LogP contribution is -2.28. The van der Waals surface area contributed by atoms with Gasteiger partial charge in [0.2, 0.25) is 0 Å². The maximum atomic E-state index is 12.6. The van der Waals surface area contributed by atoms with Gasteiger partial charge in [0.1, 0.15) is 0 Å². The summed E-state index contributed by atoms with van der Waals surface area (Å²) in [5.41, 5.74) is 2.20. The van der Waals surface area contributed by atoms with Gasteiger partial charge in [0.05, 0.1) is 23.8 Å². The van der Waals surface area contributed by atoms with E-state index in [4.69, 9.17) is 6.42 Å². The van der Waals surface area contributed by atoms with Crippen molar-refractivity contribution in [2.24, 2.45) is 5.92 Å². The number of aliphatic hydroxyl groups is 1. The molecule has 0 fully saturated rings. The molecule has 7 nitrogen and oxygen atoms in total. The summed E-state index contributed by atoms with van der Waals surface area (Å²) in [6.45, 7) is 11.7. The molecular formula is C25H33N5O2. The van der Waals surface area contributed by atoms with Gasteiger partial charge in [-0.1, -0.05) is 43.2 Å². The third-order valence-electron chi connectivity index (χ3n) is 5.06. The number of nitrogens with one attached hydrogen (secondary N) is 2. The van der Waals surface area contributed by atoms with Gasteiger partial charge in [0, 0.05) is 17.3 Å². The van der Waals surface area contributed by atoms with E-state index in [1.165, 1.54) is 10.6 Å². The molecule has 0 saturated heterocycles. The van der Waals surface area contributed by atoms with Crippen LogP contribution in [-0.2, 0) is 6.54 Å². The second-order valence-electron chi connectivity index (χ2n) is 8.05. The molecule has 0 bridgehead atoms. The molecule has 0 aromatic carbocycles. The van der Waals surface area contributed by atoms with Gasteiger partial charge in [-0.3, -0.25) is 9.89 Å². The Morgan fingerprint density at radius 1 is 1.38 bits per heavy atom. The van der Waals surface area contributed by atoms with Crippen LogP contribution in [0, 0.1) is 18.3 Å². The quantitative estimate of drug-likeness (QED) is 0.412. The van der Waals surface area contributed by atoms with E-state index >= 15 is 0 Å². The molecule has 0 aliphatic carbocycles. The molecule has 0 aliphatic rings. The lowest BCUT2D eigenvalue weighted by Gasteiger charge is -2.21. The van der Waals surface area contributed by atoms with Crippen LogP contribution >= 0.6 is 0 Å². The Morgan fingerprint density at radius 3 is 2.66 bits per heavy atom. The zero-order chi connectivity index (χ0) is 23.9. The van der Waals surface area contributed by atoms with Gasteiger partial charge in [-0.15, -0.1) is 6.42 Å². The van der Waals surface area contributed by atoms with Crippen LogP contribution in [0.3, 0.4) is 0 Å². The molecule has 170 valence electrons. The highest BCUT2D eigenvalue weighted by atomic mass is 16.3. The van der Waals surface area contributed by atoms with Gasteiger partial charge < -0.3 is 10.4 Å². The first-order chi connectivity index (χ1) is 15.1. The molecule has 0 spiro atoms. The van der Waals surface area contributed by atoms with Gasteiger partial charge in [0.25, 0.3) is 11.3 Å². The highest BCUT2D eigenvalue weighted by Crippen LogP contribution is 2.20. The predicted octanol–water partition coefficient (Wildman–Crippen LogP) is 3.75. The average molecular weight is 436 g/mol. The second-order valence-corrected chi connectivity index (χ2v) is 8.05. The number of allylic oxidation sites excluding steroid dienone is 6. The molecule has 7 heteroatoms. The third kappa shape index (κ3) is 6.08. The Kier molecular flexibility index (Phi) is 8.39. The van der Waals surface area contributed by atoms with Crippen molar-refractivity contribution in [2.45, 2.75) is 60.1 Å². The maximum absolute atomic E-state index is 12.6. The number of H-pyrrole nitrogens is 1. The van der Waals surface area contributed by atoms with Crippen molar-refractivity contribution in [1.82, 2.24) is 24.9 Å². The molecule has 2 heterocycles. The van der Waals surface area contributed by atoms with Gasteiger partial charge in [-0.2, -0.15) is 9.50 Å². The van der Waals surface area contributed by atoms with Crippen LogP contribution in [0.4, 0.5) is 0 Å². The summed E-state index contributed by atoms with van der Waals surface area (Å²) >= 11 is 0. The maximum Gasteiger partial charge on any atom is 0.274 e. The van der Waals surface area contributed by atoms with Gasteiger partial charge in [-0.05, 0) is 46.6 Å². The number of aromatic nitrogens is 4. The first kappa shape index (κ1) is 24.9. The number of fused-ring (bicyclic) bond motifs is 1. The summed E-state index contributed by atoms with van der Waals surface area (Å²) in [7, 11) is 0. The molecule has 0 saturated carbocycles. The molecule has 0 aliphatic heterocycles. The van der Waals surface area contributed by atoms with Crippen LogP contribution < -0.4 is 10.9 Å². The van der Waals surface area contributed by atoms with E-state index in [0.717, 1.165) is 23.3 Å². The summed E-state index contributed by atoms with van der Waals surface area (Å²) in [4.78, 5) is 21.6. The zero-order valence-corrected chi connectivity index (χ0v) is 19.7. The van der Waals surface area contributed by atoms with E-state index in [0.29, 0.717) is 18.1 Å². The average Bonchev–Trinajstić information content (AvgIpc) is 3.15. The van der Waals surface area contributed by atoms with Crippen LogP contribution in [0.1, 0.15) is 59.5 Å². The smallest absolute Gasteiger partial charge is 0.274 e. The fourth-order valence-corrected chi connectivity index (χ4v) is 3.22. The minimum atomic E-state index is -1.05. The van der Waals surface area contributed by atoms with Crippen molar-refractivity contribution in [2.75, 3.05) is 0 Å². The number of terminal acetylenes is 1. The number of hydrogen-bond donors (Lipinski definition) is 3. The lowest BCUT2D eigenvalue weighted by atomic mass is 9.91. The number of hydrogen-bond acceptors (Lipinski definition) is 5. The molecule has 3 N–H and O–H groups in total. The second kappa shape index (κ2) is 10.8. The standard InChI is InChI=1S/C25H33N5O2/c1-8-12-17(5)21(11-4)26-16-20-15-22(31)30-24(27-20)28-23(29-30)18(9-2)13-14-19(10-3)25(6,7)32/h3,9,11-15,19,26,32H,8,16H2,1-2,4-7H3,(H,27,28,29)/b14-13-,17-12-,18-9+,21-11+. The first-order valence-corrected chi connectivity index (χ1v) is 10.7. The highest BCUT2D eigenvalue weighted by molar-refractivity contribution is 5.70. The normalized spacial score (nSPS) is 14.8. The van der Waals surface area contributed by atoms with Crippen LogP contribution in [0.5, 0.6) is 0 Å². The predicted molar refractivity (Wildman–Crippen MR) is 130 cm³/mol.